The minimum atomic E-state index is -0.789. The molecule has 3 amide bonds. The van der Waals surface area contributed by atoms with E-state index in [1.165, 1.54) is 33.4 Å². The minimum Gasteiger partial charge on any atom is -0.508 e. The van der Waals surface area contributed by atoms with E-state index in [0.29, 0.717) is 26.3 Å². The molecule has 220 valence electrons. The molecule has 0 radical (unpaired) electrons. The maximum Gasteiger partial charge on any atom is 0.308 e. The molecule has 3 aromatic carbocycles. The number of hydrogen-bond acceptors (Lipinski definition) is 7. The molecule has 1 saturated heterocycles. The van der Waals surface area contributed by atoms with Gasteiger partial charge in [-0.25, -0.2) is 4.90 Å². The summed E-state index contributed by atoms with van der Waals surface area (Å²) in [4.78, 5) is 55.8. The number of anilines is 2. The van der Waals surface area contributed by atoms with E-state index >= 15 is 0 Å². The third-order valence-corrected chi connectivity index (χ3v) is 10.6. The monoisotopic (exact) mass is 633 g/mol. The van der Waals surface area contributed by atoms with E-state index in [-0.39, 0.29) is 34.4 Å². The van der Waals surface area contributed by atoms with Gasteiger partial charge in [-0.3, -0.25) is 23.7 Å². The highest BCUT2D eigenvalue weighted by Crippen LogP contribution is 2.54. The summed E-state index contributed by atoms with van der Waals surface area (Å²) in [6.07, 6.45) is 0. The lowest BCUT2D eigenvalue weighted by Crippen LogP contribution is -2.33. The zero-order valence-electron chi connectivity index (χ0n) is 23.5. The number of imide groups is 1. The average Bonchev–Trinajstić information content (AvgIpc) is 3.40. The van der Waals surface area contributed by atoms with Crippen molar-refractivity contribution >= 4 is 63.8 Å². The summed E-state index contributed by atoms with van der Waals surface area (Å²) in [7, 11) is 0. The predicted octanol–water partition coefficient (Wildman–Crippen LogP) is 6.00. The molecule has 11 heteroatoms. The van der Waals surface area contributed by atoms with Gasteiger partial charge in [-0.15, -0.1) is 0 Å². The van der Waals surface area contributed by atoms with Crippen LogP contribution in [0.5, 0.6) is 5.75 Å². The van der Waals surface area contributed by atoms with Crippen molar-refractivity contribution in [1.82, 2.24) is 4.57 Å². The largest absolute Gasteiger partial charge is 0.508 e. The fourth-order valence-corrected chi connectivity index (χ4v) is 8.44. The smallest absolute Gasteiger partial charge is 0.308 e. The lowest BCUT2D eigenvalue weighted by molar-refractivity contribution is -0.122. The summed E-state index contributed by atoms with van der Waals surface area (Å²) in [6, 6.07) is 20.6. The van der Waals surface area contributed by atoms with Crippen molar-refractivity contribution in [2.75, 3.05) is 10.2 Å². The van der Waals surface area contributed by atoms with E-state index in [2.05, 4.69) is 26.1 Å². The Morgan fingerprint density at radius 3 is 2.21 bits per heavy atom. The molecule has 0 saturated carbocycles. The van der Waals surface area contributed by atoms with Gasteiger partial charge in [-0.05, 0) is 65.1 Å². The molecular weight excluding hydrogens is 606 g/mol. The van der Waals surface area contributed by atoms with Gasteiger partial charge in [0.1, 0.15) is 17.5 Å². The van der Waals surface area contributed by atoms with Crippen LogP contribution in [0.15, 0.2) is 82.6 Å². The highest BCUT2D eigenvalue weighted by Gasteiger charge is 2.56. The fourth-order valence-electron chi connectivity index (χ4n) is 5.54. The van der Waals surface area contributed by atoms with Crippen LogP contribution in [0.3, 0.4) is 0 Å². The molecule has 3 heterocycles. The molecular formula is C32H28ClN3O5S2. The molecule has 6 rings (SSSR count). The molecule has 2 aliphatic rings. The quantitative estimate of drug-likeness (QED) is 0.206. The number of hydrogen-bond donors (Lipinski definition) is 2. The molecule has 8 nitrogen and oxygen atoms in total. The van der Waals surface area contributed by atoms with Gasteiger partial charge in [0.2, 0.25) is 17.7 Å². The Hall–Kier alpha value is -3.86. The van der Waals surface area contributed by atoms with Crippen LogP contribution >= 0.6 is 34.7 Å². The summed E-state index contributed by atoms with van der Waals surface area (Å²) in [5.41, 5.74) is 2.76. The molecule has 1 aromatic heterocycles. The van der Waals surface area contributed by atoms with Gasteiger partial charge in [0.05, 0.1) is 16.6 Å². The third kappa shape index (κ3) is 5.39. The number of aromatic nitrogens is 1. The van der Waals surface area contributed by atoms with E-state index in [4.69, 9.17) is 11.6 Å². The number of carbonyl (C=O) groups excluding carboxylic acids is 3. The number of amides is 3. The summed E-state index contributed by atoms with van der Waals surface area (Å²) in [5, 5.41) is 12.5. The summed E-state index contributed by atoms with van der Waals surface area (Å²) < 4.78 is 1.38. The second-order valence-electron chi connectivity index (χ2n) is 11.6. The number of nitrogens with one attached hydrogen (secondary N) is 1. The second kappa shape index (κ2) is 11.0. The Balaban J connectivity index is 1.41. The Kier molecular flexibility index (Phi) is 7.48. The number of nitrogens with zero attached hydrogens (tertiary/aromatic N) is 2. The van der Waals surface area contributed by atoms with Gasteiger partial charge in [0, 0.05) is 21.5 Å². The maximum absolute atomic E-state index is 14.0. The molecule has 3 atom stereocenters. The summed E-state index contributed by atoms with van der Waals surface area (Å²) >= 11 is 8.24. The Morgan fingerprint density at radius 1 is 0.930 bits per heavy atom. The van der Waals surface area contributed by atoms with Crippen molar-refractivity contribution in [3.05, 3.63) is 103 Å². The highest BCUT2D eigenvalue weighted by molar-refractivity contribution is 8.00. The van der Waals surface area contributed by atoms with Crippen molar-refractivity contribution < 1.29 is 19.5 Å². The normalized spacial score (nSPS) is 19.7. The molecule has 43 heavy (non-hydrogen) atoms. The first kappa shape index (κ1) is 29.2. The zero-order chi connectivity index (χ0) is 30.6. The van der Waals surface area contributed by atoms with E-state index in [0.717, 1.165) is 22.5 Å². The van der Waals surface area contributed by atoms with Gasteiger partial charge in [0.15, 0.2) is 0 Å². The number of benzene rings is 3. The van der Waals surface area contributed by atoms with Crippen LogP contribution in [-0.4, -0.2) is 32.6 Å². The van der Waals surface area contributed by atoms with Crippen LogP contribution in [-0.2, 0) is 26.3 Å². The summed E-state index contributed by atoms with van der Waals surface area (Å²) in [5.74, 6) is -2.36. The van der Waals surface area contributed by atoms with Crippen molar-refractivity contribution in [2.24, 2.45) is 5.92 Å². The summed E-state index contributed by atoms with van der Waals surface area (Å²) in [6.45, 7) is 6.08. The van der Waals surface area contributed by atoms with Crippen molar-refractivity contribution in [3.63, 3.8) is 0 Å². The Labute approximate surface area is 261 Å². The van der Waals surface area contributed by atoms with Gasteiger partial charge >= 0.3 is 4.87 Å². The molecule has 2 unspecified atom stereocenters. The van der Waals surface area contributed by atoms with Crippen molar-refractivity contribution in [2.45, 2.75) is 48.9 Å². The number of halogens is 1. The first-order chi connectivity index (χ1) is 20.4. The van der Waals surface area contributed by atoms with Crippen LogP contribution in [0.1, 0.15) is 42.7 Å². The standard InChI is InChI=1S/C32H28ClN3O5S2/c1-32(2,3)18-6-4-17(5-7-18)24-25-26(29(40)36(28(25)39)21-12-8-19(33)9-13-21)42-30-27(24)43-31(41)35(30)16-23(38)34-20-10-14-22(37)15-11-20/h4-15,24-26,37H,16H2,1-3H3,(H,34,38)/t24-,25?,26?/m1/s1. The first-order valence-corrected chi connectivity index (χ1v) is 15.7. The number of carbonyl (C=O) groups is 3. The minimum absolute atomic E-state index is 0.0667. The predicted molar refractivity (Wildman–Crippen MR) is 169 cm³/mol. The van der Waals surface area contributed by atoms with E-state index in [9.17, 15) is 24.3 Å². The van der Waals surface area contributed by atoms with Crippen molar-refractivity contribution in [3.8, 4) is 5.75 Å². The molecule has 4 aromatic rings. The number of thiazole rings is 1. The van der Waals surface area contributed by atoms with Crippen molar-refractivity contribution in [1.29, 1.82) is 0 Å². The molecule has 0 aliphatic carbocycles. The number of rotatable bonds is 5. The average molecular weight is 634 g/mol. The number of phenolic OH excluding ortho intramolecular Hbond substituents is 1. The second-order valence-corrected chi connectivity index (χ2v) is 14.2. The fraction of sp³-hybridized carbons (Fsp3) is 0.250. The SMILES string of the molecule is CC(C)(C)c1ccc([C@H]2c3sc(=O)n(CC(=O)Nc4ccc(O)cc4)c3SC3C(=O)N(c4ccc(Cl)cc4)C(=O)C32)cc1. The topological polar surface area (TPSA) is 109 Å². The number of fused-ring (bicyclic) bond motifs is 2. The number of aromatic hydroxyl groups is 1. The van der Waals surface area contributed by atoms with Crippen LogP contribution in [0.2, 0.25) is 5.02 Å². The molecule has 2 aliphatic heterocycles. The van der Waals surface area contributed by atoms with E-state index < -0.39 is 23.0 Å². The molecule has 0 bridgehead atoms. The van der Waals surface area contributed by atoms with Gasteiger partial charge in [0.25, 0.3) is 0 Å². The van der Waals surface area contributed by atoms with Gasteiger partial charge in [-0.2, -0.15) is 0 Å². The third-order valence-electron chi connectivity index (χ3n) is 7.72. The van der Waals surface area contributed by atoms with Crippen LogP contribution in [0.4, 0.5) is 11.4 Å². The van der Waals surface area contributed by atoms with E-state index in [1.54, 1.807) is 36.4 Å². The first-order valence-electron chi connectivity index (χ1n) is 13.7. The molecule has 0 spiro atoms. The van der Waals surface area contributed by atoms with E-state index in [1.807, 2.05) is 24.3 Å². The Morgan fingerprint density at radius 2 is 1.58 bits per heavy atom. The van der Waals surface area contributed by atoms with Gasteiger partial charge < -0.3 is 10.4 Å². The zero-order valence-corrected chi connectivity index (χ0v) is 25.9. The number of thioether (sulfide) groups is 1. The molecule has 1 fully saturated rings. The lowest BCUT2D eigenvalue weighted by Gasteiger charge is -2.31. The Bertz CT molecular complexity index is 1790. The number of phenols is 1. The maximum atomic E-state index is 14.0. The molecule has 2 N–H and O–H groups in total. The van der Waals surface area contributed by atoms with Gasteiger partial charge in [-0.1, -0.05) is 79.7 Å². The van der Waals surface area contributed by atoms with Crippen LogP contribution in [0.25, 0.3) is 0 Å². The highest BCUT2D eigenvalue weighted by atomic mass is 35.5. The van der Waals surface area contributed by atoms with Crippen LogP contribution in [0, 0.1) is 5.92 Å². The lowest BCUT2D eigenvalue weighted by atomic mass is 9.81. The van der Waals surface area contributed by atoms with Crippen LogP contribution < -0.4 is 15.1 Å².